The highest BCUT2D eigenvalue weighted by Crippen LogP contribution is 2.37. The van der Waals surface area contributed by atoms with Crippen LogP contribution in [0.2, 0.25) is 0 Å². The average molecular weight is 344 g/mol. The molecular formula is C17H16N2O4S. The van der Waals surface area contributed by atoms with E-state index in [1.165, 1.54) is 16.4 Å². The molecule has 0 saturated carbocycles. The fraction of sp³-hybridized carbons (Fsp3) is 0.235. The summed E-state index contributed by atoms with van der Waals surface area (Å²) < 4.78 is 32.6. The highest BCUT2D eigenvalue weighted by atomic mass is 32.2. The number of H-pyrrole nitrogens is 1. The minimum Gasteiger partial charge on any atom is -0.408 e. The van der Waals surface area contributed by atoms with Gasteiger partial charge in [0, 0.05) is 12.6 Å². The number of benzene rings is 2. The Bertz CT molecular complexity index is 1080. The summed E-state index contributed by atoms with van der Waals surface area (Å²) in [6.45, 7) is 2.53. The molecule has 0 radical (unpaired) electrons. The third-order valence-electron chi connectivity index (χ3n) is 4.48. The lowest BCUT2D eigenvalue weighted by Gasteiger charge is -2.33. The maximum atomic E-state index is 13.1. The van der Waals surface area contributed by atoms with Crippen molar-refractivity contribution < 1.29 is 12.8 Å². The number of hydrogen-bond donors (Lipinski definition) is 1. The fourth-order valence-corrected chi connectivity index (χ4v) is 4.70. The van der Waals surface area contributed by atoms with Gasteiger partial charge in [0.25, 0.3) is 10.0 Å². The molecule has 6 nitrogen and oxygen atoms in total. The maximum Gasteiger partial charge on any atom is 0.417 e. The summed E-state index contributed by atoms with van der Waals surface area (Å²) in [6, 6.07) is 12.0. The van der Waals surface area contributed by atoms with Crippen molar-refractivity contribution in [2.75, 3.05) is 10.8 Å². The van der Waals surface area contributed by atoms with Gasteiger partial charge >= 0.3 is 5.76 Å². The number of hydrogen-bond acceptors (Lipinski definition) is 4. The molecule has 0 spiro atoms. The molecule has 1 atom stereocenters. The molecule has 24 heavy (non-hydrogen) atoms. The van der Waals surface area contributed by atoms with E-state index in [1.54, 1.807) is 6.07 Å². The Labute approximate surface area is 138 Å². The summed E-state index contributed by atoms with van der Waals surface area (Å²) in [7, 11) is -3.72. The normalized spacial score (nSPS) is 17.9. The van der Waals surface area contributed by atoms with Gasteiger partial charge in [0.15, 0.2) is 5.58 Å². The molecule has 1 N–H and O–H groups in total. The Morgan fingerprint density at radius 1 is 1.21 bits per heavy atom. The van der Waals surface area contributed by atoms with E-state index in [2.05, 4.69) is 11.9 Å². The van der Waals surface area contributed by atoms with Crippen LogP contribution in [0.5, 0.6) is 0 Å². The molecule has 3 aromatic rings. The van der Waals surface area contributed by atoms with Gasteiger partial charge in [-0.2, -0.15) is 0 Å². The van der Waals surface area contributed by atoms with Crippen molar-refractivity contribution in [3.05, 3.63) is 58.6 Å². The molecule has 0 saturated heterocycles. The zero-order chi connectivity index (χ0) is 16.9. The van der Waals surface area contributed by atoms with Crippen molar-refractivity contribution in [2.45, 2.75) is 24.2 Å². The van der Waals surface area contributed by atoms with Crippen molar-refractivity contribution in [1.29, 1.82) is 0 Å². The van der Waals surface area contributed by atoms with Gasteiger partial charge in [0.05, 0.1) is 16.1 Å². The standard InChI is InChI=1S/C17H16N2O4S/c1-11-8-9-19(15-5-3-2-4-13(11)15)24(21,22)12-6-7-14-16(10-12)23-17(20)18-14/h2-7,10-11H,8-9H2,1H3,(H,18,20). The van der Waals surface area contributed by atoms with E-state index >= 15 is 0 Å². The molecular weight excluding hydrogens is 328 g/mol. The second-order valence-corrected chi connectivity index (χ2v) is 7.86. The number of anilines is 1. The SMILES string of the molecule is CC1CCN(S(=O)(=O)c2ccc3[nH]c(=O)oc3c2)c2ccccc21. The summed E-state index contributed by atoms with van der Waals surface area (Å²) in [6.07, 6.45) is 0.762. The molecule has 1 aliphatic heterocycles. The number of aromatic amines is 1. The van der Waals surface area contributed by atoms with Crippen LogP contribution in [0, 0.1) is 0 Å². The van der Waals surface area contributed by atoms with E-state index in [-0.39, 0.29) is 10.5 Å². The van der Waals surface area contributed by atoms with Crippen LogP contribution in [-0.4, -0.2) is 19.9 Å². The molecule has 4 rings (SSSR count). The van der Waals surface area contributed by atoms with Crippen molar-refractivity contribution in [3.63, 3.8) is 0 Å². The van der Waals surface area contributed by atoms with E-state index in [1.807, 2.05) is 24.3 Å². The number of nitrogens with one attached hydrogen (secondary N) is 1. The lowest BCUT2D eigenvalue weighted by Crippen LogP contribution is -2.36. The summed E-state index contributed by atoms with van der Waals surface area (Å²) in [5.41, 5.74) is 2.46. The van der Waals surface area contributed by atoms with Gasteiger partial charge < -0.3 is 4.42 Å². The Balaban J connectivity index is 1.85. The third kappa shape index (κ3) is 2.24. The molecule has 1 aliphatic rings. The van der Waals surface area contributed by atoms with Gasteiger partial charge in [0.2, 0.25) is 0 Å². The van der Waals surface area contributed by atoms with Crippen LogP contribution in [0.3, 0.4) is 0 Å². The van der Waals surface area contributed by atoms with E-state index in [0.717, 1.165) is 12.0 Å². The molecule has 0 amide bonds. The van der Waals surface area contributed by atoms with Gasteiger partial charge in [-0.25, -0.2) is 13.2 Å². The first-order valence-corrected chi connectivity index (χ1v) is 9.15. The minimum atomic E-state index is -3.72. The van der Waals surface area contributed by atoms with E-state index in [0.29, 0.717) is 23.7 Å². The third-order valence-corrected chi connectivity index (χ3v) is 6.29. The predicted octanol–water partition coefficient (Wildman–Crippen LogP) is 2.82. The molecule has 2 aromatic carbocycles. The van der Waals surface area contributed by atoms with Gasteiger partial charge in [-0.3, -0.25) is 9.29 Å². The predicted molar refractivity (Wildman–Crippen MR) is 90.8 cm³/mol. The van der Waals surface area contributed by atoms with Gasteiger partial charge in [-0.05, 0) is 36.1 Å². The van der Waals surface area contributed by atoms with E-state index < -0.39 is 15.8 Å². The van der Waals surface area contributed by atoms with Crippen molar-refractivity contribution in [2.24, 2.45) is 0 Å². The quantitative estimate of drug-likeness (QED) is 0.775. The molecule has 0 fully saturated rings. The van der Waals surface area contributed by atoms with Crippen molar-refractivity contribution >= 4 is 26.8 Å². The lowest BCUT2D eigenvalue weighted by atomic mass is 9.93. The van der Waals surface area contributed by atoms with Crippen LogP contribution in [0.15, 0.2) is 56.6 Å². The highest BCUT2D eigenvalue weighted by molar-refractivity contribution is 7.92. The van der Waals surface area contributed by atoms with Crippen LogP contribution >= 0.6 is 0 Å². The number of sulfonamides is 1. The summed E-state index contributed by atoms with van der Waals surface area (Å²) >= 11 is 0. The first-order chi connectivity index (χ1) is 11.5. The van der Waals surface area contributed by atoms with Crippen LogP contribution < -0.4 is 10.1 Å². The van der Waals surface area contributed by atoms with E-state index in [9.17, 15) is 13.2 Å². The number of fused-ring (bicyclic) bond motifs is 2. The Morgan fingerprint density at radius 2 is 2.00 bits per heavy atom. The molecule has 124 valence electrons. The first kappa shape index (κ1) is 15.0. The Hall–Kier alpha value is -2.54. The van der Waals surface area contributed by atoms with Crippen molar-refractivity contribution in [1.82, 2.24) is 4.98 Å². The topological polar surface area (TPSA) is 83.4 Å². The number of rotatable bonds is 2. The zero-order valence-electron chi connectivity index (χ0n) is 13.0. The van der Waals surface area contributed by atoms with Crippen LogP contribution in [0.1, 0.15) is 24.8 Å². The zero-order valence-corrected chi connectivity index (χ0v) is 13.8. The number of oxazole rings is 1. The molecule has 0 aliphatic carbocycles. The van der Waals surface area contributed by atoms with Crippen LogP contribution in [0.25, 0.3) is 11.1 Å². The monoisotopic (exact) mass is 344 g/mol. The van der Waals surface area contributed by atoms with Gasteiger partial charge in [-0.1, -0.05) is 25.1 Å². The molecule has 0 bridgehead atoms. The summed E-state index contributed by atoms with van der Waals surface area (Å²) in [5.74, 6) is -0.283. The second kappa shape index (κ2) is 5.24. The average Bonchev–Trinajstić information content (AvgIpc) is 2.94. The highest BCUT2D eigenvalue weighted by Gasteiger charge is 2.31. The molecule has 7 heteroatoms. The fourth-order valence-electron chi connectivity index (χ4n) is 3.18. The van der Waals surface area contributed by atoms with Crippen molar-refractivity contribution in [3.8, 4) is 0 Å². The molecule has 1 aromatic heterocycles. The summed E-state index contributed by atoms with van der Waals surface area (Å²) in [5, 5.41) is 0. The number of aromatic nitrogens is 1. The first-order valence-electron chi connectivity index (χ1n) is 7.71. The van der Waals surface area contributed by atoms with Gasteiger partial charge in [0.1, 0.15) is 0 Å². The molecule has 2 heterocycles. The smallest absolute Gasteiger partial charge is 0.408 e. The summed E-state index contributed by atoms with van der Waals surface area (Å²) in [4.78, 5) is 13.9. The largest absolute Gasteiger partial charge is 0.417 e. The Morgan fingerprint density at radius 3 is 2.83 bits per heavy atom. The number of nitrogens with zero attached hydrogens (tertiary/aromatic N) is 1. The minimum absolute atomic E-state index is 0.113. The van der Waals surface area contributed by atoms with Crippen LogP contribution in [0.4, 0.5) is 5.69 Å². The Kier molecular flexibility index (Phi) is 3.28. The van der Waals surface area contributed by atoms with Crippen LogP contribution in [-0.2, 0) is 10.0 Å². The molecule has 1 unspecified atom stereocenters. The maximum absolute atomic E-state index is 13.1. The van der Waals surface area contributed by atoms with Gasteiger partial charge in [-0.15, -0.1) is 0 Å². The van der Waals surface area contributed by atoms with E-state index in [4.69, 9.17) is 4.42 Å². The number of para-hydroxylation sites is 1. The lowest BCUT2D eigenvalue weighted by molar-refractivity contribution is 0.553. The second-order valence-electron chi connectivity index (χ2n) is 6.00.